The molecule has 2 N–H and O–H groups in total. The topological polar surface area (TPSA) is 92.4 Å². The summed E-state index contributed by atoms with van der Waals surface area (Å²) in [6.07, 6.45) is 2.38. The molecule has 1 heterocycles. The summed E-state index contributed by atoms with van der Waals surface area (Å²) in [4.78, 5) is 0. The van der Waals surface area contributed by atoms with Crippen LogP contribution in [0.4, 0.5) is 0 Å². The Morgan fingerprint density at radius 2 is 2.00 bits per heavy atom. The van der Waals surface area contributed by atoms with E-state index in [1.807, 2.05) is 30.3 Å². The van der Waals surface area contributed by atoms with Gasteiger partial charge in [0.05, 0.1) is 5.69 Å². The van der Waals surface area contributed by atoms with E-state index in [4.69, 9.17) is 5.11 Å². The van der Waals surface area contributed by atoms with Gasteiger partial charge in [-0.3, -0.25) is 0 Å². The monoisotopic (exact) mass is 310 g/mol. The molecule has 114 valence electrons. The number of sulfonamides is 1. The summed E-state index contributed by atoms with van der Waals surface area (Å²) in [5.74, 6) is -0.230. The van der Waals surface area contributed by atoms with Gasteiger partial charge in [0, 0.05) is 18.7 Å². The van der Waals surface area contributed by atoms with Gasteiger partial charge in [-0.25, -0.2) is 13.1 Å². The van der Waals surface area contributed by atoms with Gasteiger partial charge in [0.1, 0.15) is 12.0 Å². The lowest BCUT2D eigenvalue weighted by atomic mass is 10.0. The molecule has 0 amide bonds. The molecule has 0 saturated carbocycles. The third-order valence-corrected chi connectivity index (χ3v) is 4.32. The molecule has 1 unspecified atom stereocenters. The number of nitrogens with zero attached hydrogens (tertiary/aromatic N) is 1. The van der Waals surface area contributed by atoms with E-state index < -0.39 is 10.0 Å². The van der Waals surface area contributed by atoms with E-state index in [0.717, 1.165) is 5.56 Å². The number of aliphatic hydroxyl groups excluding tert-OH is 1. The largest absolute Gasteiger partial charge is 0.396 e. The molecule has 0 radical (unpaired) electrons. The van der Waals surface area contributed by atoms with Crippen LogP contribution in [-0.2, 0) is 15.8 Å². The van der Waals surface area contributed by atoms with Crippen molar-refractivity contribution >= 4 is 10.0 Å². The minimum atomic E-state index is -3.54. The van der Waals surface area contributed by atoms with Crippen LogP contribution >= 0.6 is 0 Å². The van der Waals surface area contributed by atoms with Crippen molar-refractivity contribution in [3.8, 4) is 0 Å². The zero-order valence-corrected chi connectivity index (χ0v) is 12.3. The summed E-state index contributed by atoms with van der Waals surface area (Å²) >= 11 is 0. The molecule has 0 spiro atoms. The maximum absolute atomic E-state index is 12.2. The smallest absolute Gasteiger partial charge is 0.218 e. The lowest BCUT2D eigenvalue weighted by Crippen LogP contribution is -2.30. The Hall–Kier alpha value is -1.70. The normalized spacial score (nSPS) is 13.2. The second-order valence-corrected chi connectivity index (χ2v) is 6.45. The van der Waals surface area contributed by atoms with E-state index >= 15 is 0 Å². The first kappa shape index (κ1) is 15.7. The second kappa shape index (κ2) is 7.35. The third kappa shape index (κ3) is 4.96. The molecule has 0 saturated heterocycles. The van der Waals surface area contributed by atoms with Crippen LogP contribution in [0.5, 0.6) is 0 Å². The Kier molecular flexibility index (Phi) is 5.49. The van der Waals surface area contributed by atoms with E-state index in [1.165, 1.54) is 12.3 Å². The summed E-state index contributed by atoms with van der Waals surface area (Å²) in [7, 11) is -3.54. The van der Waals surface area contributed by atoms with Crippen molar-refractivity contribution in [2.45, 2.75) is 24.6 Å². The predicted octanol–water partition coefficient (Wildman–Crippen LogP) is 1.61. The van der Waals surface area contributed by atoms with Crippen molar-refractivity contribution in [2.24, 2.45) is 0 Å². The fourth-order valence-electron chi connectivity index (χ4n) is 2.04. The van der Waals surface area contributed by atoms with Crippen LogP contribution in [0.2, 0.25) is 0 Å². The van der Waals surface area contributed by atoms with E-state index in [2.05, 4.69) is 14.4 Å². The van der Waals surface area contributed by atoms with Gasteiger partial charge in [0.15, 0.2) is 0 Å². The molecule has 2 aromatic rings. The van der Waals surface area contributed by atoms with Crippen LogP contribution < -0.4 is 4.72 Å². The number of hydrogen-bond acceptors (Lipinski definition) is 5. The zero-order valence-electron chi connectivity index (χ0n) is 11.5. The summed E-state index contributed by atoms with van der Waals surface area (Å²) < 4.78 is 31.7. The van der Waals surface area contributed by atoms with Crippen LogP contribution in [-0.4, -0.2) is 25.3 Å². The molecule has 1 aromatic heterocycles. The Morgan fingerprint density at radius 3 is 2.62 bits per heavy atom. The SMILES string of the molecule is O=S(=O)(Cc1ccon1)NC(CCCO)c1ccccc1. The van der Waals surface area contributed by atoms with Gasteiger partial charge < -0.3 is 9.63 Å². The van der Waals surface area contributed by atoms with Crippen LogP contribution in [0, 0.1) is 0 Å². The fraction of sp³-hybridized carbons (Fsp3) is 0.357. The van der Waals surface area contributed by atoms with E-state index in [-0.39, 0.29) is 18.4 Å². The van der Waals surface area contributed by atoms with Gasteiger partial charge in [0.2, 0.25) is 10.0 Å². The van der Waals surface area contributed by atoms with Crippen LogP contribution in [0.1, 0.15) is 30.1 Å². The molecule has 2 rings (SSSR count). The number of hydrogen-bond donors (Lipinski definition) is 2. The lowest BCUT2D eigenvalue weighted by Gasteiger charge is -2.18. The molecular formula is C14H18N2O4S. The highest BCUT2D eigenvalue weighted by Gasteiger charge is 2.20. The zero-order chi connectivity index (χ0) is 15.1. The van der Waals surface area contributed by atoms with Gasteiger partial charge in [-0.2, -0.15) is 0 Å². The van der Waals surface area contributed by atoms with Gasteiger partial charge in [-0.05, 0) is 18.4 Å². The van der Waals surface area contributed by atoms with Gasteiger partial charge in [-0.1, -0.05) is 35.5 Å². The minimum absolute atomic E-state index is 0.0222. The molecule has 7 heteroatoms. The quantitative estimate of drug-likeness (QED) is 0.772. The average Bonchev–Trinajstić information content (AvgIpc) is 2.96. The highest BCUT2D eigenvalue weighted by Crippen LogP contribution is 2.20. The fourth-order valence-corrected chi connectivity index (χ4v) is 3.35. The molecule has 0 aliphatic carbocycles. The maximum atomic E-state index is 12.2. The Balaban J connectivity index is 2.10. The molecule has 1 atom stereocenters. The van der Waals surface area contributed by atoms with Crippen molar-refractivity contribution in [3.63, 3.8) is 0 Å². The molecule has 0 aliphatic rings. The molecule has 0 bridgehead atoms. The summed E-state index contributed by atoms with van der Waals surface area (Å²) in [5.41, 5.74) is 1.23. The van der Waals surface area contributed by atoms with Crippen molar-refractivity contribution in [3.05, 3.63) is 53.9 Å². The van der Waals surface area contributed by atoms with Crippen molar-refractivity contribution in [1.82, 2.24) is 9.88 Å². The molecule has 0 fully saturated rings. The molecular weight excluding hydrogens is 292 g/mol. The van der Waals surface area contributed by atoms with Crippen molar-refractivity contribution < 1.29 is 18.0 Å². The second-order valence-electron chi connectivity index (χ2n) is 4.70. The van der Waals surface area contributed by atoms with E-state index in [9.17, 15) is 8.42 Å². The van der Waals surface area contributed by atoms with Crippen LogP contribution in [0.15, 0.2) is 47.2 Å². The number of nitrogens with one attached hydrogen (secondary N) is 1. The predicted molar refractivity (Wildman–Crippen MR) is 77.8 cm³/mol. The maximum Gasteiger partial charge on any atom is 0.218 e. The first-order valence-corrected chi connectivity index (χ1v) is 8.31. The van der Waals surface area contributed by atoms with Crippen LogP contribution in [0.25, 0.3) is 0 Å². The third-order valence-electron chi connectivity index (χ3n) is 3.00. The first-order valence-electron chi connectivity index (χ1n) is 6.66. The average molecular weight is 310 g/mol. The summed E-state index contributed by atoms with van der Waals surface area (Å²) in [5, 5.41) is 12.6. The molecule has 21 heavy (non-hydrogen) atoms. The summed E-state index contributed by atoms with van der Waals surface area (Å²) in [6, 6.07) is 10.5. The van der Waals surface area contributed by atoms with Gasteiger partial charge >= 0.3 is 0 Å². The standard InChI is InChI=1S/C14H18N2O4S/c17-9-4-7-14(12-5-2-1-3-6-12)16-21(18,19)11-13-8-10-20-15-13/h1-3,5-6,8,10,14,16-17H,4,7,9,11H2. The number of aliphatic hydroxyl groups is 1. The van der Waals surface area contributed by atoms with E-state index in [1.54, 1.807) is 0 Å². The van der Waals surface area contributed by atoms with Gasteiger partial charge in [-0.15, -0.1) is 0 Å². The highest BCUT2D eigenvalue weighted by molar-refractivity contribution is 7.88. The molecule has 0 aliphatic heterocycles. The lowest BCUT2D eigenvalue weighted by molar-refractivity contribution is 0.278. The molecule has 1 aromatic carbocycles. The number of aromatic nitrogens is 1. The number of benzene rings is 1. The Morgan fingerprint density at radius 1 is 1.24 bits per heavy atom. The summed E-state index contributed by atoms with van der Waals surface area (Å²) in [6.45, 7) is 0.0222. The van der Waals surface area contributed by atoms with Gasteiger partial charge in [0.25, 0.3) is 0 Å². The Labute approximate surface area is 123 Å². The number of rotatable bonds is 8. The van der Waals surface area contributed by atoms with Crippen LogP contribution in [0.3, 0.4) is 0 Å². The van der Waals surface area contributed by atoms with Crippen molar-refractivity contribution in [2.75, 3.05) is 6.61 Å². The first-order chi connectivity index (χ1) is 10.1. The van der Waals surface area contributed by atoms with Crippen molar-refractivity contribution in [1.29, 1.82) is 0 Å². The highest BCUT2D eigenvalue weighted by atomic mass is 32.2. The minimum Gasteiger partial charge on any atom is -0.396 e. The van der Waals surface area contributed by atoms with E-state index in [0.29, 0.717) is 18.5 Å². The Bertz CT molecular complexity index is 626. The molecule has 6 nitrogen and oxygen atoms in total.